The van der Waals surface area contributed by atoms with Crippen molar-refractivity contribution >= 4 is 0 Å². The minimum Gasteiger partial charge on any atom is -0.453 e. The number of nitrogens with zero attached hydrogens (tertiary/aromatic N) is 4. The first-order valence-corrected chi connectivity index (χ1v) is 7.75. The second kappa shape index (κ2) is 6.12. The summed E-state index contributed by atoms with van der Waals surface area (Å²) in [7, 11) is 0. The van der Waals surface area contributed by atoms with E-state index in [-0.39, 0.29) is 0 Å². The Balaban J connectivity index is 1.62. The average molecular weight is 316 g/mol. The van der Waals surface area contributed by atoms with Gasteiger partial charge >= 0.3 is 0 Å². The van der Waals surface area contributed by atoms with Crippen molar-refractivity contribution in [3.8, 4) is 22.9 Å². The summed E-state index contributed by atoms with van der Waals surface area (Å²) in [6.07, 6.45) is 3.56. The fraction of sp³-hybridized carbons (Fsp3) is 0.105. The maximum Gasteiger partial charge on any atom is 0.217 e. The summed E-state index contributed by atoms with van der Waals surface area (Å²) < 4.78 is 7.80. The van der Waals surface area contributed by atoms with Crippen LogP contribution in [0.15, 0.2) is 71.4 Å². The first kappa shape index (κ1) is 14.4. The number of benzene rings is 1. The van der Waals surface area contributed by atoms with Gasteiger partial charge in [0, 0.05) is 18.0 Å². The lowest BCUT2D eigenvalue weighted by Crippen LogP contribution is -2.04. The van der Waals surface area contributed by atoms with Gasteiger partial charge in [-0.25, -0.2) is 9.67 Å². The predicted molar refractivity (Wildman–Crippen MR) is 91.2 cm³/mol. The molecule has 4 rings (SSSR count). The van der Waals surface area contributed by atoms with E-state index < -0.39 is 0 Å². The quantitative estimate of drug-likeness (QED) is 0.572. The second-order valence-electron chi connectivity index (χ2n) is 5.53. The second-order valence-corrected chi connectivity index (χ2v) is 5.53. The maximum absolute atomic E-state index is 5.93. The summed E-state index contributed by atoms with van der Waals surface area (Å²) in [5.74, 6) is 2.93. The van der Waals surface area contributed by atoms with Crippen LogP contribution in [0.25, 0.3) is 22.9 Å². The van der Waals surface area contributed by atoms with Crippen LogP contribution in [-0.2, 0) is 6.54 Å². The van der Waals surface area contributed by atoms with Gasteiger partial charge in [0.2, 0.25) is 5.82 Å². The third-order valence-corrected chi connectivity index (χ3v) is 3.82. The molecule has 0 saturated carbocycles. The molecule has 0 atom stereocenters. The first-order chi connectivity index (χ1) is 11.8. The van der Waals surface area contributed by atoms with Crippen LogP contribution >= 0.6 is 0 Å². The summed E-state index contributed by atoms with van der Waals surface area (Å²) in [5, 5.41) is 4.57. The monoisotopic (exact) mass is 316 g/mol. The van der Waals surface area contributed by atoms with Crippen molar-refractivity contribution < 1.29 is 4.42 Å². The fourth-order valence-corrected chi connectivity index (χ4v) is 2.55. The van der Waals surface area contributed by atoms with Crippen molar-refractivity contribution in [2.24, 2.45) is 0 Å². The van der Waals surface area contributed by atoms with Crippen molar-refractivity contribution in [2.45, 2.75) is 13.5 Å². The Hall–Kier alpha value is -3.21. The SMILES string of the molecule is Cc1nc(-c2ccc(-c3ccccc3)o2)nn1Cc1ccncc1. The Morgan fingerprint density at radius 2 is 1.67 bits per heavy atom. The summed E-state index contributed by atoms with van der Waals surface area (Å²) in [6.45, 7) is 2.60. The van der Waals surface area contributed by atoms with E-state index in [2.05, 4.69) is 15.1 Å². The van der Waals surface area contributed by atoms with Gasteiger partial charge in [0.15, 0.2) is 5.76 Å². The number of hydrogen-bond acceptors (Lipinski definition) is 4. The van der Waals surface area contributed by atoms with Gasteiger partial charge in [-0.2, -0.15) is 0 Å². The van der Waals surface area contributed by atoms with Crippen molar-refractivity contribution in [1.82, 2.24) is 19.7 Å². The highest BCUT2D eigenvalue weighted by atomic mass is 16.3. The number of aromatic nitrogens is 4. The molecule has 118 valence electrons. The largest absolute Gasteiger partial charge is 0.453 e. The van der Waals surface area contributed by atoms with Gasteiger partial charge in [0.05, 0.1) is 6.54 Å². The van der Waals surface area contributed by atoms with Crippen LogP contribution in [-0.4, -0.2) is 19.7 Å². The van der Waals surface area contributed by atoms with Crippen molar-refractivity contribution in [3.63, 3.8) is 0 Å². The number of furan rings is 1. The van der Waals surface area contributed by atoms with Crippen LogP contribution in [0, 0.1) is 6.92 Å². The molecule has 0 aliphatic carbocycles. The highest BCUT2D eigenvalue weighted by Crippen LogP contribution is 2.26. The Morgan fingerprint density at radius 3 is 2.46 bits per heavy atom. The van der Waals surface area contributed by atoms with E-state index in [4.69, 9.17) is 4.42 Å². The smallest absolute Gasteiger partial charge is 0.217 e. The highest BCUT2D eigenvalue weighted by Gasteiger charge is 2.13. The van der Waals surface area contributed by atoms with E-state index >= 15 is 0 Å². The van der Waals surface area contributed by atoms with Crippen LogP contribution in [0.3, 0.4) is 0 Å². The molecule has 0 N–H and O–H groups in total. The highest BCUT2D eigenvalue weighted by molar-refractivity contribution is 5.61. The Morgan fingerprint density at radius 1 is 0.917 bits per heavy atom. The molecule has 0 amide bonds. The minimum absolute atomic E-state index is 0.601. The molecule has 24 heavy (non-hydrogen) atoms. The van der Waals surface area contributed by atoms with Crippen LogP contribution < -0.4 is 0 Å². The normalized spacial score (nSPS) is 10.9. The lowest BCUT2D eigenvalue weighted by Gasteiger charge is -2.01. The van der Waals surface area contributed by atoms with Gasteiger partial charge in [-0.05, 0) is 36.8 Å². The Labute approximate surface area is 139 Å². The zero-order valence-electron chi connectivity index (χ0n) is 13.3. The average Bonchev–Trinajstić information content (AvgIpc) is 3.24. The van der Waals surface area contributed by atoms with Crippen LogP contribution in [0.2, 0.25) is 0 Å². The fourth-order valence-electron chi connectivity index (χ4n) is 2.55. The number of pyridine rings is 1. The molecule has 0 aliphatic rings. The molecule has 0 radical (unpaired) electrons. The van der Waals surface area contributed by atoms with Gasteiger partial charge < -0.3 is 4.42 Å². The third-order valence-electron chi connectivity index (χ3n) is 3.82. The maximum atomic E-state index is 5.93. The number of rotatable bonds is 4. The molecular formula is C19H16N4O. The molecule has 3 aromatic heterocycles. The van der Waals surface area contributed by atoms with Gasteiger partial charge in [-0.3, -0.25) is 4.98 Å². The Bertz CT molecular complexity index is 942. The molecule has 3 heterocycles. The van der Waals surface area contributed by atoms with Crippen LogP contribution in [0.5, 0.6) is 0 Å². The Kier molecular flexibility index (Phi) is 3.67. The lowest BCUT2D eigenvalue weighted by atomic mass is 10.2. The molecule has 0 bridgehead atoms. The first-order valence-electron chi connectivity index (χ1n) is 7.75. The molecule has 5 nitrogen and oxygen atoms in total. The molecular weight excluding hydrogens is 300 g/mol. The minimum atomic E-state index is 0.601. The molecule has 0 aliphatic heterocycles. The predicted octanol–water partition coefficient (Wildman–Crippen LogP) is 3.96. The van der Waals surface area contributed by atoms with E-state index in [1.807, 2.05) is 66.2 Å². The molecule has 0 spiro atoms. The van der Waals surface area contributed by atoms with Crippen molar-refractivity contribution in [3.05, 3.63) is 78.4 Å². The van der Waals surface area contributed by atoms with E-state index in [1.165, 1.54) is 0 Å². The summed E-state index contributed by atoms with van der Waals surface area (Å²) in [4.78, 5) is 8.56. The molecule has 0 fully saturated rings. The van der Waals surface area contributed by atoms with E-state index in [9.17, 15) is 0 Å². The molecule has 4 aromatic rings. The number of hydrogen-bond donors (Lipinski definition) is 0. The molecule has 1 aromatic carbocycles. The topological polar surface area (TPSA) is 56.7 Å². The standard InChI is InChI=1S/C19H16N4O/c1-14-21-19(22-23(14)13-15-9-11-20-12-10-15)18-8-7-17(24-18)16-5-3-2-4-6-16/h2-12H,13H2,1H3. The summed E-state index contributed by atoms with van der Waals surface area (Å²) in [6, 6.07) is 17.8. The molecule has 0 unspecified atom stereocenters. The van der Waals surface area contributed by atoms with Gasteiger partial charge in [-0.15, -0.1) is 5.10 Å². The third kappa shape index (κ3) is 2.84. The zero-order valence-corrected chi connectivity index (χ0v) is 13.3. The van der Waals surface area contributed by atoms with Gasteiger partial charge in [0.25, 0.3) is 0 Å². The van der Waals surface area contributed by atoms with Crippen molar-refractivity contribution in [2.75, 3.05) is 0 Å². The summed E-state index contributed by atoms with van der Waals surface area (Å²) in [5.41, 5.74) is 2.17. The van der Waals surface area contributed by atoms with Crippen molar-refractivity contribution in [1.29, 1.82) is 0 Å². The summed E-state index contributed by atoms with van der Waals surface area (Å²) >= 11 is 0. The van der Waals surface area contributed by atoms with Crippen LogP contribution in [0.4, 0.5) is 0 Å². The van der Waals surface area contributed by atoms with E-state index in [1.54, 1.807) is 12.4 Å². The van der Waals surface area contributed by atoms with Crippen LogP contribution in [0.1, 0.15) is 11.4 Å². The molecule has 5 heteroatoms. The van der Waals surface area contributed by atoms with Gasteiger partial charge in [0.1, 0.15) is 11.6 Å². The van der Waals surface area contributed by atoms with E-state index in [0.29, 0.717) is 18.1 Å². The number of aryl methyl sites for hydroxylation is 1. The zero-order chi connectivity index (χ0) is 16.4. The molecule has 0 saturated heterocycles. The lowest BCUT2D eigenvalue weighted by molar-refractivity contribution is 0.588. The van der Waals surface area contributed by atoms with E-state index in [0.717, 1.165) is 22.7 Å². The van der Waals surface area contributed by atoms with Gasteiger partial charge in [-0.1, -0.05) is 30.3 Å².